The van der Waals surface area contributed by atoms with Gasteiger partial charge >= 0.3 is 0 Å². The molecule has 4 heteroatoms. The summed E-state index contributed by atoms with van der Waals surface area (Å²) >= 11 is 4.99. The fourth-order valence-electron chi connectivity index (χ4n) is 3.30. The lowest BCUT2D eigenvalue weighted by atomic mass is 9.84. The molecule has 1 aliphatic rings. The molecule has 0 heterocycles. The maximum absolute atomic E-state index is 12.8. The quantitative estimate of drug-likeness (QED) is 0.732. The lowest BCUT2D eigenvalue weighted by Crippen LogP contribution is -2.48. The van der Waals surface area contributed by atoms with Gasteiger partial charge in [-0.2, -0.15) is 0 Å². The minimum Gasteiger partial charge on any atom is -0.393 e. The summed E-state index contributed by atoms with van der Waals surface area (Å²) in [6.07, 6.45) is 7.36. The van der Waals surface area contributed by atoms with E-state index in [0.717, 1.165) is 19.3 Å². The zero-order valence-electron chi connectivity index (χ0n) is 13.2. The van der Waals surface area contributed by atoms with Crippen molar-refractivity contribution in [1.29, 1.82) is 0 Å². The summed E-state index contributed by atoms with van der Waals surface area (Å²) < 4.78 is 0. The maximum atomic E-state index is 12.8. The van der Waals surface area contributed by atoms with Crippen molar-refractivity contribution in [3.05, 3.63) is 0 Å². The van der Waals surface area contributed by atoms with Gasteiger partial charge in [-0.25, -0.2) is 0 Å². The molecule has 1 fully saturated rings. The van der Waals surface area contributed by atoms with Crippen molar-refractivity contribution in [3.8, 4) is 0 Å². The van der Waals surface area contributed by atoms with Crippen molar-refractivity contribution in [2.45, 2.75) is 71.8 Å². The van der Waals surface area contributed by atoms with Gasteiger partial charge in [-0.1, -0.05) is 45.8 Å². The van der Waals surface area contributed by atoms with Gasteiger partial charge < -0.3 is 10.6 Å². The zero-order valence-corrected chi connectivity index (χ0v) is 14.0. The minimum absolute atomic E-state index is 0.149. The predicted octanol–water partition coefficient (Wildman–Crippen LogP) is 3.51. The summed E-state index contributed by atoms with van der Waals surface area (Å²) in [7, 11) is 0. The zero-order chi connectivity index (χ0) is 15.1. The Morgan fingerprint density at radius 3 is 2.40 bits per heavy atom. The maximum Gasteiger partial charge on any atom is 0.225 e. The molecule has 0 aromatic rings. The van der Waals surface area contributed by atoms with Gasteiger partial charge in [0.2, 0.25) is 5.91 Å². The smallest absolute Gasteiger partial charge is 0.225 e. The van der Waals surface area contributed by atoms with Gasteiger partial charge in [-0.3, -0.25) is 4.79 Å². The summed E-state index contributed by atoms with van der Waals surface area (Å²) in [5.74, 6) is 1.05. The van der Waals surface area contributed by atoms with E-state index in [-0.39, 0.29) is 5.92 Å². The van der Waals surface area contributed by atoms with Gasteiger partial charge in [0.1, 0.15) is 0 Å². The van der Waals surface area contributed by atoms with Crippen molar-refractivity contribution in [3.63, 3.8) is 0 Å². The third kappa shape index (κ3) is 4.72. The Balaban J connectivity index is 2.82. The summed E-state index contributed by atoms with van der Waals surface area (Å²) in [4.78, 5) is 15.4. The van der Waals surface area contributed by atoms with E-state index < -0.39 is 0 Å². The number of carbonyl (C=O) groups is 1. The molecule has 1 saturated carbocycles. The van der Waals surface area contributed by atoms with Crippen LogP contribution >= 0.6 is 12.2 Å². The molecule has 116 valence electrons. The SMILES string of the molecule is CCC(CC)C(=O)N(CCC(N)=S)C1CCCCC1C. The molecule has 0 radical (unpaired) electrons. The fourth-order valence-corrected chi connectivity index (χ4v) is 3.39. The molecule has 0 spiro atoms. The summed E-state index contributed by atoms with van der Waals surface area (Å²) in [5.41, 5.74) is 5.64. The molecule has 1 amide bonds. The van der Waals surface area contributed by atoms with Crippen LogP contribution in [0.3, 0.4) is 0 Å². The van der Waals surface area contributed by atoms with Crippen LogP contribution in [-0.2, 0) is 4.79 Å². The van der Waals surface area contributed by atoms with Gasteiger partial charge in [0.05, 0.1) is 4.99 Å². The number of nitrogens with two attached hydrogens (primary N) is 1. The molecule has 1 aliphatic carbocycles. The number of hydrogen-bond donors (Lipinski definition) is 1. The first-order chi connectivity index (χ1) is 9.51. The molecule has 1 rings (SSSR count). The van der Waals surface area contributed by atoms with Crippen molar-refractivity contribution >= 4 is 23.1 Å². The molecular formula is C16H30N2OS. The third-order valence-electron chi connectivity index (χ3n) is 4.68. The average molecular weight is 298 g/mol. The third-order valence-corrected chi connectivity index (χ3v) is 4.89. The largest absolute Gasteiger partial charge is 0.393 e. The van der Waals surface area contributed by atoms with Gasteiger partial charge in [0, 0.05) is 24.9 Å². The molecular weight excluding hydrogens is 268 g/mol. The van der Waals surface area contributed by atoms with E-state index in [4.69, 9.17) is 18.0 Å². The van der Waals surface area contributed by atoms with E-state index in [0.29, 0.717) is 35.8 Å². The molecule has 2 unspecified atom stereocenters. The van der Waals surface area contributed by atoms with Gasteiger partial charge in [-0.15, -0.1) is 0 Å². The molecule has 0 saturated heterocycles. The molecule has 2 atom stereocenters. The monoisotopic (exact) mass is 298 g/mol. The highest BCUT2D eigenvalue weighted by Gasteiger charge is 2.32. The molecule has 0 aliphatic heterocycles. The number of nitrogens with zero attached hydrogens (tertiary/aromatic N) is 1. The molecule has 2 N–H and O–H groups in total. The van der Waals surface area contributed by atoms with Crippen LogP contribution in [0.15, 0.2) is 0 Å². The van der Waals surface area contributed by atoms with Crippen molar-refractivity contribution < 1.29 is 4.79 Å². The van der Waals surface area contributed by atoms with Crippen LogP contribution in [0.1, 0.15) is 65.7 Å². The highest BCUT2D eigenvalue weighted by molar-refractivity contribution is 7.80. The number of hydrogen-bond acceptors (Lipinski definition) is 2. The van der Waals surface area contributed by atoms with Crippen LogP contribution in [0, 0.1) is 11.8 Å². The Labute approximate surface area is 129 Å². The second-order valence-electron chi connectivity index (χ2n) is 6.09. The number of thiocarbonyl (C=S) groups is 1. The summed E-state index contributed by atoms with van der Waals surface area (Å²) in [5, 5.41) is 0. The van der Waals surface area contributed by atoms with Crippen molar-refractivity contribution in [1.82, 2.24) is 4.90 Å². The van der Waals surface area contributed by atoms with Crippen LogP contribution in [0.2, 0.25) is 0 Å². The predicted molar refractivity (Wildman–Crippen MR) is 88.6 cm³/mol. The Bertz CT molecular complexity index is 328. The molecule has 0 aromatic heterocycles. The van der Waals surface area contributed by atoms with Crippen LogP contribution in [-0.4, -0.2) is 28.4 Å². The highest BCUT2D eigenvalue weighted by Crippen LogP contribution is 2.30. The van der Waals surface area contributed by atoms with Crippen molar-refractivity contribution in [2.75, 3.05) is 6.54 Å². The second kappa shape index (κ2) is 8.60. The van der Waals surface area contributed by atoms with E-state index in [1.54, 1.807) is 0 Å². The normalized spacial score (nSPS) is 22.8. The van der Waals surface area contributed by atoms with E-state index >= 15 is 0 Å². The molecule has 20 heavy (non-hydrogen) atoms. The summed E-state index contributed by atoms with van der Waals surface area (Å²) in [6, 6.07) is 0.381. The van der Waals surface area contributed by atoms with Gasteiger partial charge in [-0.05, 0) is 31.6 Å². The first-order valence-electron chi connectivity index (χ1n) is 8.10. The Kier molecular flexibility index (Phi) is 7.49. The van der Waals surface area contributed by atoms with Gasteiger partial charge in [0.25, 0.3) is 0 Å². The van der Waals surface area contributed by atoms with E-state index in [1.165, 1.54) is 19.3 Å². The number of amides is 1. The molecule has 0 aromatic carbocycles. The first-order valence-corrected chi connectivity index (χ1v) is 8.50. The standard InChI is InChI=1S/C16H30N2OS/c1-4-13(5-2)16(19)18(11-10-15(17)20)14-9-7-6-8-12(14)3/h12-14H,4-11H2,1-3H3,(H2,17,20). The van der Waals surface area contributed by atoms with Gasteiger partial charge in [0.15, 0.2) is 0 Å². The average Bonchev–Trinajstić information content (AvgIpc) is 2.42. The number of carbonyl (C=O) groups excluding carboxylic acids is 1. The van der Waals surface area contributed by atoms with E-state index in [1.807, 2.05) is 0 Å². The highest BCUT2D eigenvalue weighted by atomic mass is 32.1. The Hall–Kier alpha value is -0.640. The Morgan fingerprint density at radius 2 is 1.90 bits per heavy atom. The topological polar surface area (TPSA) is 46.3 Å². The van der Waals surface area contributed by atoms with E-state index in [9.17, 15) is 4.79 Å². The van der Waals surface area contributed by atoms with Crippen LogP contribution < -0.4 is 5.73 Å². The van der Waals surface area contributed by atoms with Crippen LogP contribution in [0.25, 0.3) is 0 Å². The number of rotatable bonds is 7. The second-order valence-corrected chi connectivity index (χ2v) is 6.61. The van der Waals surface area contributed by atoms with Crippen molar-refractivity contribution in [2.24, 2.45) is 17.6 Å². The van der Waals surface area contributed by atoms with Crippen LogP contribution in [0.5, 0.6) is 0 Å². The van der Waals surface area contributed by atoms with Crippen LogP contribution in [0.4, 0.5) is 0 Å². The Morgan fingerprint density at radius 1 is 1.30 bits per heavy atom. The first kappa shape index (κ1) is 17.4. The minimum atomic E-state index is 0.149. The van der Waals surface area contributed by atoms with E-state index in [2.05, 4.69) is 25.7 Å². The summed E-state index contributed by atoms with van der Waals surface area (Å²) in [6.45, 7) is 7.17. The molecule has 3 nitrogen and oxygen atoms in total. The fraction of sp³-hybridized carbons (Fsp3) is 0.875. The lowest BCUT2D eigenvalue weighted by Gasteiger charge is -2.40. The molecule has 0 bridgehead atoms. The lowest BCUT2D eigenvalue weighted by molar-refractivity contribution is -0.140.